The second-order valence-electron chi connectivity index (χ2n) is 11.2. The van der Waals surface area contributed by atoms with Crippen LogP contribution in [0.1, 0.15) is 42.6 Å². The number of hydrogen-bond acceptors (Lipinski definition) is 8. The van der Waals surface area contributed by atoms with Gasteiger partial charge in [-0.05, 0) is 45.0 Å². The number of rotatable bonds is 4. The first kappa shape index (κ1) is 29.7. The van der Waals surface area contributed by atoms with Gasteiger partial charge in [-0.1, -0.05) is 11.6 Å². The molecule has 15 heteroatoms. The number of sulfonamides is 1. The quantitative estimate of drug-likeness (QED) is 0.451. The van der Waals surface area contributed by atoms with Crippen LogP contribution in [0, 0.1) is 0 Å². The fourth-order valence-electron chi connectivity index (χ4n) is 5.00. The van der Waals surface area contributed by atoms with Crippen molar-refractivity contribution in [1.82, 2.24) is 34.4 Å². The summed E-state index contributed by atoms with van der Waals surface area (Å²) in [5, 5.41) is 3.60. The lowest BCUT2D eigenvalue weighted by Crippen LogP contribution is -2.61. The second-order valence-corrected chi connectivity index (χ2v) is 13.5. The number of amides is 3. The van der Waals surface area contributed by atoms with E-state index in [1.807, 2.05) is 0 Å². The van der Waals surface area contributed by atoms with Crippen LogP contribution in [0.15, 0.2) is 35.5 Å². The lowest BCUT2D eigenvalue weighted by Gasteiger charge is -2.39. The molecular weight excluding hydrogens is 586 g/mol. The maximum absolute atomic E-state index is 13.6. The molecule has 0 radical (unpaired) electrons. The van der Waals surface area contributed by atoms with Gasteiger partial charge in [-0.2, -0.15) is 4.31 Å². The molecule has 0 aliphatic carbocycles. The Morgan fingerprint density at radius 3 is 2.62 bits per heavy atom. The number of aromatic amines is 1. The minimum Gasteiger partial charge on any atom is -0.444 e. The maximum Gasteiger partial charge on any atom is 0.410 e. The number of hydrogen-bond donors (Lipinski definition) is 2. The van der Waals surface area contributed by atoms with Crippen LogP contribution in [0.3, 0.4) is 0 Å². The Bertz CT molecular complexity index is 1670. The molecule has 2 N–H and O–H groups in total. The summed E-state index contributed by atoms with van der Waals surface area (Å²) in [6.07, 6.45) is 1.47. The molecular formula is C27H32ClN7O6S. The molecule has 0 spiro atoms. The molecule has 13 nitrogen and oxygen atoms in total. The van der Waals surface area contributed by atoms with E-state index in [9.17, 15) is 22.8 Å². The summed E-state index contributed by atoms with van der Waals surface area (Å²) in [4.78, 5) is 53.4. The molecule has 2 aliphatic rings. The summed E-state index contributed by atoms with van der Waals surface area (Å²) in [6.45, 7) is 5.67. The van der Waals surface area contributed by atoms with Gasteiger partial charge in [0.25, 0.3) is 15.9 Å². The van der Waals surface area contributed by atoms with Crippen molar-refractivity contribution in [1.29, 1.82) is 0 Å². The summed E-state index contributed by atoms with van der Waals surface area (Å²) in [5.41, 5.74) is 1.30. The van der Waals surface area contributed by atoms with Crippen molar-refractivity contribution >= 4 is 50.4 Å². The van der Waals surface area contributed by atoms with E-state index in [0.29, 0.717) is 40.1 Å². The monoisotopic (exact) mass is 617 g/mol. The van der Waals surface area contributed by atoms with Crippen LogP contribution in [0.25, 0.3) is 10.9 Å². The number of nitrogens with zero attached hydrogens (tertiary/aromatic N) is 5. The normalized spacial score (nSPS) is 18.1. The number of benzene rings is 1. The summed E-state index contributed by atoms with van der Waals surface area (Å²) >= 11 is 6.05. The smallest absolute Gasteiger partial charge is 0.410 e. The van der Waals surface area contributed by atoms with E-state index < -0.39 is 39.6 Å². The number of nitrogens with one attached hydrogen (secondary N) is 2. The van der Waals surface area contributed by atoms with E-state index in [2.05, 4.69) is 20.3 Å². The molecule has 1 atom stereocenters. The lowest BCUT2D eigenvalue weighted by atomic mass is 10.1. The van der Waals surface area contributed by atoms with Crippen molar-refractivity contribution in [2.45, 2.75) is 50.4 Å². The number of fused-ring (bicyclic) bond motifs is 2. The molecule has 224 valence electrons. The molecule has 1 saturated heterocycles. The van der Waals surface area contributed by atoms with E-state index in [1.165, 1.54) is 28.5 Å². The Morgan fingerprint density at radius 2 is 1.90 bits per heavy atom. The van der Waals surface area contributed by atoms with E-state index in [-0.39, 0.29) is 37.0 Å². The van der Waals surface area contributed by atoms with Crippen molar-refractivity contribution in [3.8, 4) is 0 Å². The topological polar surface area (TPSA) is 158 Å². The number of H-pyrrole nitrogens is 1. The number of carbonyl (C=O) groups is 3. The SMILES string of the molecule is CNC(=O)C1CN(S(=O)(=O)c2cc3cc(Cl)ccc3[nH]2)CCN1C(=O)c1ncc2c(n1)CCN(C(=O)OC(C)(C)C)C2. The van der Waals surface area contributed by atoms with Gasteiger partial charge in [0.1, 0.15) is 16.7 Å². The summed E-state index contributed by atoms with van der Waals surface area (Å²) in [6, 6.07) is 5.39. The minimum absolute atomic E-state index is 0.0337. The molecule has 42 heavy (non-hydrogen) atoms. The number of ether oxygens (including phenoxy) is 1. The van der Waals surface area contributed by atoms with Crippen LogP contribution in [-0.4, -0.2) is 100 Å². The van der Waals surface area contributed by atoms with Crippen LogP contribution in [-0.2, 0) is 32.5 Å². The van der Waals surface area contributed by atoms with Gasteiger partial charge < -0.3 is 24.8 Å². The van der Waals surface area contributed by atoms with Gasteiger partial charge in [-0.25, -0.2) is 23.2 Å². The summed E-state index contributed by atoms with van der Waals surface area (Å²) in [5.74, 6) is -1.20. The molecule has 1 fully saturated rings. The van der Waals surface area contributed by atoms with Crippen LogP contribution >= 0.6 is 11.6 Å². The van der Waals surface area contributed by atoms with Crippen LogP contribution in [0.5, 0.6) is 0 Å². The Hall–Kier alpha value is -3.75. The predicted molar refractivity (Wildman–Crippen MR) is 153 cm³/mol. The minimum atomic E-state index is -4.02. The standard InChI is InChI=1S/C27H32ClN7O6S/c1-27(2,3)41-26(38)33-8-7-20-17(14-33)13-30-23(32-20)25(37)35-10-9-34(15-21(35)24(36)29-4)42(39,40)22-12-16-11-18(28)5-6-19(16)31-22/h5-6,11-13,21,31H,7-10,14-15H2,1-4H3,(H,29,36). The van der Waals surface area contributed by atoms with Crippen molar-refractivity contribution in [2.75, 3.05) is 33.2 Å². The molecule has 1 aromatic carbocycles. The third kappa shape index (κ3) is 5.92. The van der Waals surface area contributed by atoms with E-state index in [1.54, 1.807) is 43.9 Å². The van der Waals surface area contributed by atoms with Gasteiger partial charge in [0.2, 0.25) is 11.7 Å². The highest BCUT2D eigenvalue weighted by atomic mass is 35.5. The van der Waals surface area contributed by atoms with E-state index in [4.69, 9.17) is 16.3 Å². The summed E-state index contributed by atoms with van der Waals surface area (Å²) in [7, 11) is -2.60. The Morgan fingerprint density at radius 1 is 1.14 bits per heavy atom. The van der Waals surface area contributed by atoms with Gasteiger partial charge in [-0.3, -0.25) is 9.59 Å². The van der Waals surface area contributed by atoms with Crippen LogP contribution < -0.4 is 5.32 Å². The first-order valence-electron chi connectivity index (χ1n) is 13.4. The van der Waals surface area contributed by atoms with Crippen LogP contribution in [0.2, 0.25) is 5.02 Å². The number of likely N-dealkylation sites (N-methyl/N-ethyl adjacent to an activating group) is 1. The van der Waals surface area contributed by atoms with E-state index >= 15 is 0 Å². The number of carbonyl (C=O) groups excluding carboxylic acids is 3. The lowest BCUT2D eigenvalue weighted by molar-refractivity contribution is -0.126. The van der Waals surface area contributed by atoms with Gasteiger partial charge in [-0.15, -0.1) is 0 Å². The fourth-order valence-corrected chi connectivity index (χ4v) is 6.63. The van der Waals surface area contributed by atoms with Crippen molar-refractivity contribution in [3.05, 3.63) is 52.6 Å². The Labute approximate surface area is 248 Å². The van der Waals surface area contributed by atoms with Crippen LogP contribution in [0.4, 0.5) is 4.79 Å². The first-order valence-corrected chi connectivity index (χ1v) is 15.2. The Balaban J connectivity index is 1.33. The van der Waals surface area contributed by atoms with Gasteiger partial charge >= 0.3 is 6.09 Å². The molecule has 3 aromatic rings. The number of halogens is 1. The molecule has 5 rings (SSSR count). The van der Waals surface area contributed by atoms with E-state index in [0.717, 1.165) is 0 Å². The summed E-state index contributed by atoms with van der Waals surface area (Å²) < 4.78 is 33.7. The molecule has 0 bridgehead atoms. The maximum atomic E-state index is 13.6. The van der Waals surface area contributed by atoms with Gasteiger partial charge in [0, 0.05) is 67.3 Å². The average molecular weight is 618 g/mol. The van der Waals surface area contributed by atoms with Gasteiger partial charge in [0.15, 0.2) is 0 Å². The number of aromatic nitrogens is 3. The molecule has 2 aromatic heterocycles. The molecule has 1 unspecified atom stereocenters. The molecule has 2 aliphatic heterocycles. The highest BCUT2D eigenvalue weighted by Crippen LogP contribution is 2.27. The predicted octanol–water partition coefficient (Wildman–Crippen LogP) is 2.17. The zero-order valence-corrected chi connectivity index (χ0v) is 25.3. The van der Waals surface area contributed by atoms with Gasteiger partial charge in [0.05, 0.1) is 12.2 Å². The average Bonchev–Trinajstić information content (AvgIpc) is 3.38. The fraction of sp³-hybridized carbons (Fsp3) is 0.444. The first-order chi connectivity index (χ1) is 19.8. The highest BCUT2D eigenvalue weighted by Gasteiger charge is 2.41. The molecule has 4 heterocycles. The third-order valence-corrected chi connectivity index (χ3v) is 9.13. The highest BCUT2D eigenvalue weighted by molar-refractivity contribution is 7.89. The zero-order valence-electron chi connectivity index (χ0n) is 23.7. The van der Waals surface area contributed by atoms with Crippen molar-refractivity contribution in [3.63, 3.8) is 0 Å². The molecule has 3 amide bonds. The number of piperazine rings is 1. The zero-order chi connectivity index (χ0) is 30.4. The van der Waals surface area contributed by atoms with Crippen molar-refractivity contribution in [2.24, 2.45) is 0 Å². The largest absolute Gasteiger partial charge is 0.444 e. The molecule has 0 saturated carbocycles. The Kier molecular flexibility index (Phi) is 7.89. The third-order valence-electron chi connectivity index (χ3n) is 7.11. The van der Waals surface area contributed by atoms with Crippen molar-refractivity contribution < 1.29 is 27.5 Å². The second kappa shape index (κ2) is 11.2.